The number of nitrogens with zero attached hydrogens (tertiary/aromatic N) is 2. The van der Waals surface area contributed by atoms with Gasteiger partial charge in [-0.05, 0) is 34.7 Å². The van der Waals surface area contributed by atoms with E-state index in [1.54, 1.807) is 0 Å². The van der Waals surface area contributed by atoms with Gasteiger partial charge in [0.25, 0.3) is 0 Å². The van der Waals surface area contributed by atoms with Crippen molar-refractivity contribution in [2.75, 3.05) is 20.2 Å². The zero-order chi connectivity index (χ0) is 14.8. The Kier molecular flexibility index (Phi) is 4.76. The van der Waals surface area contributed by atoms with Crippen LogP contribution in [0.25, 0.3) is 0 Å². The Morgan fingerprint density at radius 2 is 1.95 bits per heavy atom. The van der Waals surface area contributed by atoms with Crippen molar-refractivity contribution in [2.45, 2.75) is 39.8 Å². The molecule has 1 heterocycles. The number of likely N-dealkylation sites (N-methyl/N-ethyl adjacent to an activating group) is 1. The highest BCUT2D eigenvalue weighted by Gasteiger charge is 2.22. The molecule has 0 aliphatic heterocycles. The van der Waals surface area contributed by atoms with E-state index in [9.17, 15) is 9.90 Å². The maximum atomic E-state index is 11.7. The first-order chi connectivity index (χ1) is 8.68. The fraction of sp³-hybridized carbons (Fsp3) is 0.643. The van der Waals surface area contributed by atoms with Gasteiger partial charge in [0.1, 0.15) is 0 Å². The van der Waals surface area contributed by atoms with Crippen molar-refractivity contribution in [2.24, 2.45) is 0 Å². The normalized spacial score (nSPS) is 12.2. The number of aromatic hydroxyl groups is 1. The molecule has 1 aromatic heterocycles. The second-order valence-corrected chi connectivity index (χ2v) is 5.91. The largest absolute Gasteiger partial charge is 0.503 e. The van der Waals surface area contributed by atoms with Crippen molar-refractivity contribution in [3.63, 3.8) is 0 Å². The molecular formula is C14H24N2O3. The summed E-state index contributed by atoms with van der Waals surface area (Å²) in [6.07, 6.45) is 0. The molecule has 5 heteroatoms. The van der Waals surface area contributed by atoms with Gasteiger partial charge < -0.3 is 14.8 Å². The molecule has 0 saturated carbocycles. The molecule has 5 nitrogen and oxygen atoms in total. The van der Waals surface area contributed by atoms with Crippen LogP contribution in [0.2, 0.25) is 0 Å². The molecule has 0 spiro atoms. The summed E-state index contributed by atoms with van der Waals surface area (Å²) in [6, 6.07) is 1.45. The quantitative estimate of drug-likeness (QED) is 0.856. The molecule has 0 aromatic carbocycles. The van der Waals surface area contributed by atoms with Gasteiger partial charge in [0.05, 0.1) is 12.3 Å². The van der Waals surface area contributed by atoms with Crippen molar-refractivity contribution in [3.05, 3.63) is 27.7 Å². The Labute approximate surface area is 114 Å². The third-order valence-corrected chi connectivity index (χ3v) is 3.04. The Bertz CT molecular complexity index is 501. The molecule has 0 bridgehead atoms. The summed E-state index contributed by atoms with van der Waals surface area (Å²) in [5.74, 6) is -0.203. The van der Waals surface area contributed by atoms with E-state index in [4.69, 9.17) is 5.11 Å². The van der Waals surface area contributed by atoms with E-state index in [-0.39, 0.29) is 23.3 Å². The molecule has 0 radical (unpaired) electrons. The highest BCUT2D eigenvalue weighted by Crippen LogP contribution is 2.24. The first kappa shape index (κ1) is 15.7. The number of rotatable bonds is 4. The topological polar surface area (TPSA) is 65.7 Å². The third-order valence-electron chi connectivity index (χ3n) is 3.04. The number of pyridine rings is 1. The standard InChI is InChI=1S/C14H24N2O3/c1-10-8-12(18)13(19)11(9-15(5)6-7-17)16(10)14(2,3)4/h8,17,19H,6-7,9H2,1-5H3. The van der Waals surface area contributed by atoms with Gasteiger partial charge in [-0.3, -0.25) is 9.69 Å². The van der Waals surface area contributed by atoms with Crippen LogP contribution in [-0.4, -0.2) is 39.9 Å². The van der Waals surface area contributed by atoms with Crippen LogP contribution in [0.4, 0.5) is 0 Å². The van der Waals surface area contributed by atoms with Crippen LogP contribution in [0.5, 0.6) is 5.75 Å². The number of aromatic nitrogens is 1. The molecule has 0 atom stereocenters. The molecule has 108 valence electrons. The van der Waals surface area contributed by atoms with Gasteiger partial charge >= 0.3 is 0 Å². The smallest absolute Gasteiger partial charge is 0.223 e. The fourth-order valence-corrected chi connectivity index (χ4v) is 2.37. The summed E-state index contributed by atoms with van der Waals surface area (Å²) in [4.78, 5) is 13.6. The van der Waals surface area contributed by atoms with Crippen molar-refractivity contribution in [1.29, 1.82) is 0 Å². The number of hydrogen-bond acceptors (Lipinski definition) is 4. The molecule has 0 amide bonds. The molecule has 1 rings (SSSR count). The van der Waals surface area contributed by atoms with Crippen LogP contribution in [0.1, 0.15) is 32.2 Å². The lowest BCUT2D eigenvalue weighted by Gasteiger charge is -2.31. The van der Waals surface area contributed by atoms with Crippen LogP contribution in [0.3, 0.4) is 0 Å². The van der Waals surface area contributed by atoms with Gasteiger partial charge in [-0.1, -0.05) is 0 Å². The Morgan fingerprint density at radius 1 is 1.37 bits per heavy atom. The highest BCUT2D eigenvalue weighted by molar-refractivity contribution is 5.31. The van der Waals surface area contributed by atoms with Gasteiger partial charge in [0.2, 0.25) is 5.43 Å². The molecule has 2 N–H and O–H groups in total. The fourth-order valence-electron chi connectivity index (χ4n) is 2.37. The lowest BCUT2D eigenvalue weighted by molar-refractivity contribution is 0.208. The first-order valence-electron chi connectivity index (χ1n) is 6.43. The minimum atomic E-state index is -0.356. The minimum Gasteiger partial charge on any atom is -0.503 e. The predicted molar refractivity (Wildman–Crippen MR) is 75.5 cm³/mol. The highest BCUT2D eigenvalue weighted by atomic mass is 16.3. The Balaban J connectivity index is 3.38. The lowest BCUT2D eigenvalue weighted by Crippen LogP contribution is -2.33. The van der Waals surface area contributed by atoms with Crippen molar-refractivity contribution in [3.8, 4) is 5.75 Å². The molecule has 0 aliphatic carbocycles. The van der Waals surface area contributed by atoms with Crippen LogP contribution >= 0.6 is 0 Å². The molecule has 19 heavy (non-hydrogen) atoms. The van der Waals surface area contributed by atoms with Gasteiger partial charge in [-0.25, -0.2) is 0 Å². The number of aliphatic hydroxyl groups excluding tert-OH is 1. The zero-order valence-electron chi connectivity index (χ0n) is 12.4. The van der Waals surface area contributed by atoms with E-state index in [0.717, 1.165) is 5.69 Å². The second-order valence-electron chi connectivity index (χ2n) is 5.91. The van der Waals surface area contributed by atoms with E-state index >= 15 is 0 Å². The van der Waals surface area contributed by atoms with Gasteiger partial charge in [0, 0.05) is 30.4 Å². The second kappa shape index (κ2) is 5.75. The average molecular weight is 268 g/mol. The van der Waals surface area contributed by atoms with E-state index < -0.39 is 0 Å². The SMILES string of the molecule is Cc1cc(=O)c(O)c(CN(C)CCO)n1C(C)(C)C. The number of aliphatic hydroxyl groups is 1. The van der Waals surface area contributed by atoms with Crippen molar-refractivity contribution in [1.82, 2.24) is 9.47 Å². The predicted octanol–water partition coefficient (Wildman–Crippen LogP) is 1.04. The van der Waals surface area contributed by atoms with Gasteiger partial charge in [-0.15, -0.1) is 0 Å². The van der Waals surface area contributed by atoms with E-state index in [1.807, 2.05) is 44.2 Å². The van der Waals surface area contributed by atoms with Crippen LogP contribution in [0, 0.1) is 6.92 Å². The molecule has 1 aromatic rings. The van der Waals surface area contributed by atoms with Crippen LogP contribution in [0.15, 0.2) is 10.9 Å². The van der Waals surface area contributed by atoms with E-state index in [1.165, 1.54) is 6.07 Å². The summed E-state index contributed by atoms with van der Waals surface area (Å²) in [5.41, 5.74) is 0.825. The summed E-state index contributed by atoms with van der Waals surface area (Å²) >= 11 is 0. The number of aryl methyl sites for hydroxylation is 1. The molecule has 0 unspecified atom stereocenters. The average Bonchev–Trinajstić information content (AvgIpc) is 2.23. The van der Waals surface area contributed by atoms with E-state index in [2.05, 4.69) is 0 Å². The monoisotopic (exact) mass is 268 g/mol. The Morgan fingerprint density at radius 3 is 2.42 bits per heavy atom. The van der Waals surface area contributed by atoms with Gasteiger partial charge in [-0.2, -0.15) is 0 Å². The zero-order valence-corrected chi connectivity index (χ0v) is 12.4. The van der Waals surface area contributed by atoms with Crippen molar-refractivity contribution < 1.29 is 10.2 Å². The molecule has 0 aliphatic rings. The first-order valence-corrected chi connectivity index (χ1v) is 6.43. The summed E-state index contributed by atoms with van der Waals surface area (Å²) in [5, 5.41) is 19.0. The molecular weight excluding hydrogens is 244 g/mol. The maximum absolute atomic E-state index is 11.7. The molecule has 0 saturated heterocycles. The van der Waals surface area contributed by atoms with E-state index in [0.29, 0.717) is 18.8 Å². The number of hydrogen-bond donors (Lipinski definition) is 2. The summed E-state index contributed by atoms with van der Waals surface area (Å²) in [6.45, 7) is 8.90. The lowest BCUT2D eigenvalue weighted by atomic mass is 10.1. The summed E-state index contributed by atoms with van der Waals surface area (Å²) < 4.78 is 1.97. The molecule has 0 fully saturated rings. The maximum Gasteiger partial charge on any atom is 0.223 e. The van der Waals surface area contributed by atoms with Crippen LogP contribution in [-0.2, 0) is 12.1 Å². The Hall–Kier alpha value is -1.33. The summed E-state index contributed by atoms with van der Waals surface area (Å²) in [7, 11) is 1.84. The van der Waals surface area contributed by atoms with Gasteiger partial charge in [0.15, 0.2) is 5.75 Å². The minimum absolute atomic E-state index is 0.0445. The third kappa shape index (κ3) is 3.58. The van der Waals surface area contributed by atoms with Crippen molar-refractivity contribution >= 4 is 0 Å². The van der Waals surface area contributed by atoms with Crippen LogP contribution < -0.4 is 5.43 Å².